The Balaban J connectivity index is 2.42. The van der Waals surface area contributed by atoms with Gasteiger partial charge in [-0.15, -0.1) is 0 Å². The number of rotatable bonds is 4. The molecule has 0 bridgehead atoms. The van der Waals surface area contributed by atoms with Gasteiger partial charge in [0.25, 0.3) is 0 Å². The number of aromatic nitrogens is 4. The number of aliphatic hydroxyl groups is 1. The van der Waals surface area contributed by atoms with Crippen LogP contribution in [-0.4, -0.2) is 24.7 Å². The third-order valence-corrected chi connectivity index (χ3v) is 3.93. The third kappa shape index (κ3) is 2.40. The van der Waals surface area contributed by atoms with Crippen LogP contribution in [0.1, 0.15) is 35.3 Å². The molecule has 6 heteroatoms. The van der Waals surface area contributed by atoms with Gasteiger partial charge in [0.15, 0.2) is 0 Å². The molecule has 0 saturated carbocycles. The van der Waals surface area contributed by atoms with E-state index in [-0.39, 0.29) is 6.61 Å². The molecular formula is C13H19ClN4O. The quantitative estimate of drug-likeness (QED) is 0.935. The first kappa shape index (κ1) is 14.1. The largest absolute Gasteiger partial charge is 0.392 e. The highest BCUT2D eigenvalue weighted by molar-refractivity contribution is 6.31. The molecule has 0 saturated heterocycles. The number of aliphatic hydroxyl groups excluding tert-OH is 1. The Morgan fingerprint density at radius 3 is 2.26 bits per heavy atom. The van der Waals surface area contributed by atoms with Crippen LogP contribution >= 0.6 is 11.6 Å². The van der Waals surface area contributed by atoms with E-state index in [9.17, 15) is 5.11 Å². The van der Waals surface area contributed by atoms with E-state index in [2.05, 4.69) is 10.2 Å². The van der Waals surface area contributed by atoms with E-state index in [0.29, 0.717) is 11.6 Å². The van der Waals surface area contributed by atoms with Crippen molar-refractivity contribution in [2.45, 2.75) is 47.4 Å². The lowest BCUT2D eigenvalue weighted by Crippen LogP contribution is -2.10. The molecule has 0 spiro atoms. The zero-order valence-electron chi connectivity index (χ0n) is 11.7. The van der Waals surface area contributed by atoms with Crippen LogP contribution in [0.2, 0.25) is 5.02 Å². The van der Waals surface area contributed by atoms with Gasteiger partial charge in [-0.25, -0.2) is 0 Å². The minimum Gasteiger partial charge on any atom is -0.392 e. The second-order valence-corrected chi connectivity index (χ2v) is 5.00. The van der Waals surface area contributed by atoms with E-state index in [1.807, 2.05) is 37.1 Å². The maximum absolute atomic E-state index is 9.34. The van der Waals surface area contributed by atoms with Gasteiger partial charge in [0.05, 0.1) is 35.3 Å². The van der Waals surface area contributed by atoms with Gasteiger partial charge in [-0.3, -0.25) is 9.36 Å². The van der Waals surface area contributed by atoms with Crippen molar-refractivity contribution in [2.75, 3.05) is 0 Å². The van der Waals surface area contributed by atoms with Crippen LogP contribution < -0.4 is 0 Å². The lowest BCUT2D eigenvalue weighted by molar-refractivity contribution is 0.280. The Labute approximate surface area is 117 Å². The first-order valence-electron chi connectivity index (χ1n) is 6.35. The van der Waals surface area contributed by atoms with Crippen molar-refractivity contribution in [3.63, 3.8) is 0 Å². The van der Waals surface area contributed by atoms with Gasteiger partial charge in [0, 0.05) is 17.8 Å². The van der Waals surface area contributed by atoms with Crippen molar-refractivity contribution < 1.29 is 5.11 Å². The summed E-state index contributed by atoms with van der Waals surface area (Å²) in [6, 6.07) is 0. The first-order chi connectivity index (χ1) is 8.99. The molecule has 0 amide bonds. The average molecular weight is 283 g/mol. The van der Waals surface area contributed by atoms with E-state index in [0.717, 1.165) is 34.9 Å². The van der Waals surface area contributed by atoms with Crippen molar-refractivity contribution in [3.05, 3.63) is 33.4 Å². The zero-order valence-corrected chi connectivity index (χ0v) is 12.5. The van der Waals surface area contributed by atoms with Crippen LogP contribution in [0.4, 0.5) is 0 Å². The number of nitrogens with zero attached hydrogens (tertiary/aromatic N) is 4. The van der Waals surface area contributed by atoms with Crippen molar-refractivity contribution in [2.24, 2.45) is 0 Å². The Hall–Kier alpha value is -1.33. The number of aryl methyl sites for hydroxylation is 3. The summed E-state index contributed by atoms with van der Waals surface area (Å²) in [4.78, 5) is 0. The van der Waals surface area contributed by atoms with Crippen molar-refractivity contribution in [3.8, 4) is 0 Å². The summed E-state index contributed by atoms with van der Waals surface area (Å²) in [5.41, 5.74) is 4.50. The fraction of sp³-hybridized carbons (Fsp3) is 0.538. The fourth-order valence-corrected chi connectivity index (χ4v) is 2.47. The summed E-state index contributed by atoms with van der Waals surface area (Å²) >= 11 is 6.30. The lowest BCUT2D eigenvalue weighted by atomic mass is 10.2. The Bertz CT molecular complexity index is 600. The third-order valence-electron chi connectivity index (χ3n) is 3.44. The SMILES string of the molecule is CCn1nc(C)c(Cl)c1Cn1nc(C)c(CO)c1C. The van der Waals surface area contributed by atoms with Gasteiger partial charge in [-0.2, -0.15) is 10.2 Å². The van der Waals surface area contributed by atoms with Gasteiger partial charge in [-0.1, -0.05) is 11.6 Å². The van der Waals surface area contributed by atoms with Crippen molar-refractivity contribution >= 4 is 11.6 Å². The second kappa shape index (κ2) is 5.35. The fourth-order valence-electron chi connectivity index (χ4n) is 2.28. The van der Waals surface area contributed by atoms with Crippen LogP contribution in [0.15, 0.2) is 0 Å². The van der Waals surface area contributed by atoms with Gasteiger partial charge in [0.1, 0.15) is 0 Å². The zero-order chi connectivity index (χ0) is 14.2. The highest BCUT2D eigenvalue weighted by Crippen LogP contribution is 2.22. The molecule has 0 aliphatic rings. The summed E-state index contributed by atoms with van der Waals surface area (Å²) in [5.74, 6) is 0. The maximum Gasteiger partial charge on any atom is 0.0866 e. The molecule has 19 heavy (non-hydrogen) atoms. The van der Waals surface area contributed by atoms with E-state index >= 15 is 0 Å². The second-order valence-electron chi connectivity index (χ2n) is 4.63. The smallest absolute Gasteiger partial charge is 0.0866 e. The molecule has 5 nitrogen and oxygen atoms in total. The summed E-state index contributed by atoms with van der Waals surface area (Å²) in [6.45, 7) is 9.15. The minimum atomic E-state index is 0.0114. The Kier molecular flexibility index (Phi) is 3.96. The predicted octanol–water partition coefficient (Wildman–Crippen LogP) is 2.22. The standard InChI is InChI=1S/C13H19ClN4O/c1-5-17-12(13(14)9(3)16-17)6-18-10(4)11(7-19)8(2)15-18/h19H,5-7H2,1-4H3. The monoisotopic (exact) mass is 282 g/mol. The molecule has 2 heterocycles. The van der Waals surface area contributed by atoms with E-state index in [1.54, 1.807) is 0 Å². The molecule has 0 aromatic carbocycles. The number of halogens is 1. The van der Waals surface area contributed by atoms with E-state index in [1.165, 1.54) is 0 Å². The van der Waals surface area contributed by atoms with E-state index < -0.39 is 0 Å². The highest BCUT2D eigenvalue weighted by Gasteiger charge is 2.16. The van der Waals surface area contributed by atoms with Gasteiger partial charge >= 0.3 is 0 Å². The van der Waals surface area contributed by atoms with Crippen LogP contribution in [0.3, 0.4) is 0 Å². The molecule has 0 aliphatic heterocycles. The molecule has 0 unspecified atom stereocenters. The normalized spacial score (nSPS) is 11.3. The van der Waals surface area contributed by atoms with Crippen LogP contribution in [0.5, 0.6) is 0 Å². The minimum absolute atomic E-state index is 0.0114. The number of hydrogen-bond acceptors (Lipinski definition) is 3. The highest BCUT2D eigenvalue weighted by atomic mass is 35.5. The molecule has 2 aromatic heterocycles. The van der Waals surface area contributed by atoms with Gasteiger partial charge in [-0.05, 0) is 27.7 Å². The molecule has 0 aliphatic carbocycles. The summed E-state index contributed by atoms with van der Waals surface area (Å²) in [7, 11) is 0. The molecule has 2 rings (SSSR count). The lowest BCUT2D eigenvalue weighted by Gasteiger charge is -2.08. The van der Waals surface area contributed by atoms with Gasteiger partial charge in [0.2, 0.25) is 0 Å². The summed E-state index contributed by atoms with van der Waals surface area (Å²) in [5, 5.41) is 18.9. The van der Waals surface area contributed by atoms with Gasteiger partial charge < -0.3 is 5.11 Å². The molecule has 104 valence electrons. The number of hydrogen-bond donors (Lipinski definition) is 1. The molecule has 0 radical (unpaired) electrons. The summed E-state index contributed by atoms with van der Waals surface area (Å²) < 4.78 is 3.77. The maximum atomic E-state index is 9.34. The first-order valence-corrected chi connectivity index (χ1v) is 6.72. The summed E-state index contributed by atoms with van der Waals surface area (Å²) in [6.07, 6.45) is 0. The average Bonchev–Trinajstić information content (AvgIpc) is 2.80. The Morgan fingerprint density at radius 1 is 1.11 bits per heavy atom. The van der Waals surface area contributed by atoms with Crippen LogP contribution in [0.25, 0.3) is 0 Å². The van der Waals surface area contributed by atoms with E-state index in [4.69, 9.17) is 11.6 Å². The Morgan fingerprint density at radius 2 is 1.74 bits per heavy atom. The molecule has 2 aromatic rings. The van der Waals surface area contributed by atoms with Crippen molar-refractivity contribution in [1.29, 1.82) is 0 Å². The topological polar surface area (TPSA) is 55.9 Å². The molecule has 0 fully saturated rings. The molecule has 0 atom stereocenters. The van der Waals surface area contributed by atoms with Crippen molar-refractivity contribution in [1.82, 2.24) is 19.6 Å². The van der Waals surface area contributed by atoms with Crippen LogP contribution in [0, 0.1) is 20.8 Å². The van der Waals surface area contributed by atoms with Crippen LogP contribution in [-0.2, 0) is 19.7 Å². The molecular weight excluding hydrogens is 264 g/mol. The predicted molar refractivity (Wildman–Crippen MR) is 74.4 cm³/mol. The molecule has 1 N–H and O–H groups in total.